The van der Waals surface area contributed by atoms with E-state index in [1.807, 2.05) is 30.7 Å². The number of piperazine rings is 1. The molecular formula is C31H31N7O. The summed E-state index contributed by atoms with van der Waals surface area (Å²) in [5.74, 6) is 8.67. The number of piperidine rings is 1. The highest BCUT2D eigenvalue weighted by Gasteiger charge is 2.44. The summed E-state index contributed by atoms with van der Waals surface area (Å²) in [5.41, 5.74) is 5.27. The van der Waals surface area contributed by atoms with E-state index in [9.17, 15) is 5.26 Å². The lowest BCUT2D eigenvalue weighted by Gasteiger charge is -2.56. The van der Waals surface area contributed by atoms with Crippen LogP contribution in [0.3, 0.4) is 0 Å². The Morgan fingerprint density at radius 1 is 1.08 bits per heavy atom. The molecule has 2 bridgehead atoms. The molecule has 2 unspecified atom stereocenters. The number of aromatic nitrogens is 4. The molecule has 0 radical (unpaired) electrons. The third kappa shape index (κ3) is 4.92. The third-order valence-electron chi connectivity index (χ3n) is 7.57. The van der Waals surface area contributed by atoms with E-state index in [0.717, 1.165) is 54.1 Å². The molecule has 0 aliphatic carbocycles. The van der Waals surface area contributed by atoms with Crippen molar-refractivity contribution < 1.29 is 4.74 Å². The van der Waals surface area contributed by atoms with E-state index in [1.54, 1.807) is 17.8 Å². The first-order valence-electron chi connectivity index (χ1n) is 13.4. The average molecular weight is 518 g/mol. The van der Waals surface area contributed by atoms with E-state index < -0.39 is 0 Å². The molecule has 0 amide bonds. The van der Waals surface area contributed by atoms with Gasteiger partial charge >= 0.3 is 0 Å². The zero-order chi connectivity index (χ0) is 26.9. The highest BCUT2D eigenvalue weighted by Crippen LogP contribution is 2.36. The van der Waals surface area contributed by atoms with Gasteiger partial charge in [0.05, 0.1) is 24.4 Å². The minimum absolute atomic E-state index is 0.512. The first kappa shape index (κ1) is 24.9. The maximum Gasteiger partial charge on any atom is 0.212 e. The predicted octanol–water partition coefficient (Wildman–Crippen LogP) is 4.53. The fourth-order valence-electron chi connectivity index (χ4n) is 5.55. The Kier molecular flexibility index (Phi) is 6.64. The lowest BCUT2D eigenvalue weighted by molar-refractivity contribution is -0.00876. The Balaban J connectivity index is 1.20. The van der Waals surface area contributed by atoms with Crippen molar-refractivity contribution in [2.75, 3.05) is 25.1 Å². The number of fused-ring (bicyclic) bond motifs is 3. The molecule has 2 atom stereocenters. The molecule has 8 heteroatoms. The number of nitrogens with zero attached hydrogens (tertiary/aromatic N) is 7. The van der Waals surface area contributed by atoms with Crippen molar-refractivity contribution in [3.05, 3.63) is 71.8 Å². The van der Waals surface area contributed by atoms with E-state index in [0.29, 0.717) is 29.4 Å². The molecule has 3 aliphatic rings. The van der Waals surface area contributed by atoms with Crippen LogP contribution >= 0.6 is 0 Å². The largest absolute Gasteiger partial charge is 0.481 e. The summed E-state index contributed by atoms with van der Waals surface area (Å²) in [7, 11) is 1.64. The maximum absolute atomic E-state index is 9.68. The van der Waals surface area contributed by atoms with Gasteiger partial charge < -0.3 is 9.64 Å². The molecule has 0 spiro atoms. The normalized spacial score (nSPS) is 18.4. The standard InChI is InChI=1S/C31H31N7O/c1-21(2)5-4-6-22-11-28(31-25(13-32)16-35-38(31)18-22)24-8-9-29(33-15-24)36-19-26-12-27(20-36)37(26)17-23-7-10-30(39-3)34-14-23/h7-11,14-16,18,21,26-27H,5,12,17,19-20H2,1-3H3. The van der Waals surface area contributed by atoms with Gasteiger partial charge in [0.2, 0.25) is 5.88 Å². The minimum Gasteiger partial charge on any atom is -0.481 e. The van der Waals surface area contributed by atoms with Crippen LogP contribution in [0, 0.1) is 29.1 Å². The van der Waals surface area contributed by atoms with Crippen molar-refractivity contribution in [1.82, 2.24) is 24.5 Å². The van der Waals surface area contributed by atoms with Crippen LogP contribution in [0.4, 0.5) is 5.82 Å². The smallest absolute Gasteiger partial charge is 0.212 e. The van der Waals surface area contributed by atoms with Crippen LogP contribution in [0.5, 0.6) is 5.88 Å². The van der Waals surface area contributed by atoms with Gasteiger partial charge in [-0.05, 0) is 36.1 Å². The Bertz CT molecular complexity index is 1580. The zero-order valence-corrected chi connectivity index (χ0v) is 22.5. The molecule has 3 aliphatic heterocycles. The molecule has 196 valence electrons. The Hall–Kier alpha value is -4.40. The molecule has 4 aromatic heterocycles. The van der Waals surface area contributed by atoms with Crippen LogP contribution in [0.15, 0.2) is 55.1 Å². The number of anilines is 1. The monoisotopic (exact) mass is 517 g/mol. The fourth-order valence-corrected chi connectivity index (χ4v) is 5.55. The summed E-state index contributed by atoms with van der Waals surface area (Å²) in [4.78, 5) is 14.2. The molecular weight excluding hydrogens is 486 g/mol. The molecule has 3 saturated heterocycles. The molecule has 8 nitrogen and oxygen atoms in total. The highest BCUT2D eigenvalue weighted by molar-refractivity contribution is 5.85. The van der Waals surface area contributed by atoms with Crippen LogP contribution in [0.25, 0.3) is 16.6 Å². The van der Waals surface area contributed by atoms with Gasteiger partial charge in [-0.1, -0.05) is 31.8 Å². The SMILES string of the molecule is COc1ccc(CN2C3CC2CN(c2ccc(-c4cc(C#CCC(C)C)cn5ncc(C#N)c45)cn2)C3)cn1. The van der Waals surface area contributed by atoms with Crippen molar-refractivity contribution >= 4 is 11.3 Å². The van der Waals surface area contributed by atoms with E-state index in [4.69, 9.17) is 9.72 Å². The maximum atomic E-state index is 9.68. The summed E-state index contributed by atoms with van der Waals surface area (Å²) in [6.07, 6.45) is 9.37. The number of hydrogen-bond acceptors (Lipinski definition) is 7. The first-order valence-corrected chi connectivity index (χ1v) is 13.4. The Labute approximate surface area is 228 Å². The summed E-state index contributed by atoms with van der Waals surface area (Å²) in [5, 5.41) is 14.1. The molecule has 7 rings (SSSR count). The van der Waals surface area contributed by atoms with Crippen LogP contribution in [0.1, 0.15) is 43.4 Å². The molecule has 0 N–H and O–H groups in total. The van der Waals surface area contributed by atoms with Gasteiger partial charge in [-0.25, -0.2) is 14.5 Å². The lowest BCUT2D eigenvalue weighted by Crippen LogP contribution is -2.68. The second-order valence-corrected chi connectivity index (χ2v) is 10.7. The quantitative estimate of drug-likeness (QED) is 0.348. The van der Waals surface area contributed by atoms with Crippen LogP contribution in [-0.4, -0.2) is 56.8 Å². The van der Waals surface area contributed by atoms with Gasteiger partial charge in [-0.2, -0.15) is 10.4 Å². The molecule has 0 aromatic carbocycles. The molecule has 3 fully saturated rings. The van der Waals surface area contributed by atoms with Crippen molar-refractivity contribution in [1.29, 1.82) is 5.26 Å². The second-order valence-electron chi connectivity index (χ2n) is 10.7. The Morgan fingerprint density at radius 2 is 1.92 bits per heavy atom. The van der Waals surface area contributed by atoms with Gasteiger partial charge in [0.25, 0.3) is 0 Å². The van der Waals surface area contributed by atoms with E-state index in [-0.39, 0.29) is 0 Å². The first-order chi connectivity index (χ1) is 19.0. The van der Waals surface area contributed by atoms with E-state index >= 15 is 0 Å². The minimum atomic E-state index is 0.512. The van der Waals surface area contributed by atoms with Crippen LogP contribution < -0.4 is 9.64 Å². The van der Waals surface area contributed by atoms with Crippen LogP contribution in [-0.2, 0) is 6.54 Å². The van der Waals surface area contributed by atoms with E-state index in [2.05, 4.69) is 69.8 Å². The van der Waals surface area contributed by atoms with E-state index in [1.165, 1.54) is 12.0 Å². The number of pyridine rings is 3. The van der Waals surface area contributed by atoms with Gasteiger partial charge in [-0.15, -0.1) is 0 Å². The fraction of sp³-hybridized carbons (Fsp3) is 0.355. The van der Waals surface area contributed by atoms with Crippen molar-refractivity contribution in [2.45, 2.75) is 45.3 Å². The predicted molar refractivity (Wildman–Crippen MR) is 150 cm³/mol. The topological polar surface area (TPSA) is 82.6 Å². The summed E-state index contributed by atoms with van der Waals surface area (Å²) >= 11 is 0. The number of hydrogen-bond donors (Lipinski definition) is 0. The number of nitriles is 1. The molecule has 39 heavy (non-hydrogen) atoms. The lowest BCUT2D eigenvalue weighted by atomic mass is 9.87. The Morgan fingerprint density at radius 3 is 2.59 bits per heavy atom. The second kappa shape index (κ2) is 10.4. The summed E-state index contributed by atoms with van der Waals surface area (Å²) in [6, 6.07) is 13.6. The summed E-state index contributed by atoms with van der Waals surface area (Å²) < 4.78 is 6.94. The van der Waals surface area contributed by atoms with Crippen molar-refractivity contribution in [3.63, 3.8) is 0 Å². The van der Waals surface area contributed by atoms with Gasteiger partial charge in [-0.3, -0.25) is 4.90 Å². The van der Waals surface area contributed by atoms with Crippen molar-refractivity contribution in [3.8, 4) is 34.9 Å². The number of ether oxygens (including phenoxy) is 1. The number of rotatable bonds is 6. The highest BCUT2D eigenvalue weighted by atomic mass is 16.5. The molecule has 4 aromatic rings. The number of methoxy groups -OCH3 is 1. The van der Waals surface area contributed by atoms with Crippen LogP contribution in [0.2, 0.25) is 0 Å². The van der Waals surface area contributed by atoms with Gasteiger partial charge in [0.1, 0.15) is 11.9 Å². The van der Waals surface area contributed by atoms with Crippen molar-refractivity contribution in [2.24, 2.45) is 5.92 Å². The average Bonchev–Trinajstić information content (AvgIpc) is 3.39. The van der Waals surface area contributed by atoms with Gasteiger partial charge in [0.15, 0.2) is 0 Å². The molecule has 7 heterocycles. The molecule has 0 saturated carbocycles. The summed E-state index contributed by atoms with van der Waals surface area (Å²) in [6.45, 7) is 7.14. The third-order valence-corrected chi connectivity index (χ3v) is 7.57. The zero-order valence-electron chi connectivity index (χ0n) is 22.5. The van der Waals surface area contributed by atoms with Gasteiger partial charge in [0, 0.05) is 79.5 Å².